The van der Waals surface area contributed by atoms with Crippen LogP contribution in [0.1, 0.15) is 25.7 Å². The summed E-state index contributed by atoms with van der Waals surface area (Å²) in [6, 6.07) is 8.13. The van der Waals surface area contributed by atoms with Gasteiger partial charge in [0.2, 0.25) is 18.1 Å². The molecule has 9 nitrogen and oxygen atoms in total. The molecule has 2 saturated heterocycles. The van der Waals surface area contributed by atoms with Gasteiger partial charge in [0.1, 0.15) is 18.2 Å². The van der Waals surface area contributed by atoms with Crippen molar-refractivity contribution in [3.63, 3.8) is 0 Å². The highest BCUT2D eigenvalue weighted by atomic mass is 35.6. The summed E-state index contributed by atoms with van der Waals surface area (Å²) < 4.78 is 26.4. The number of hydrogen-bond donors (Lipinski definition) is 2. The fourth-order valence-electron chi connectivity index (χ4n) is 3.35. The van der Waals surface area contributed by atoms with Gasteiger partial charge in [0, 0.05) is 19.4 Å². The van der Waals surface area contributed by atoms with Crippen molar-refractivity contribution in [2.24, 2.45) is 0 Å². The van der Waals surface area contributed by atoms with E-state index in [0.29, 0.717) is 0 Å². The Morgan fingerprint density at radius 1 is 1.13 bits per heavy atom. The van der Waals surface area contributed by atoms with Crippen LogP contribution in [0.5, 0.6) is 0 Å². The third-order valence-corrected chi connectivity index (χ3v) is 5.09. The van der Waals surface area contributed by atoms with E-state index in [1.165, 1.54) is 13.8 Å². The Morgan fingerprint density at radius 2 is 1.81 bits per heavy atom. The maximum atomic E-state index is 11.9. The number of amides is 1. The minimum absolute atomic E-state index is 0.0652. The number of carbonyl (C=O) groups is 2. The number of rotatable bonds is 4. The van der Waals surface area contributed by atoms with E-state index in [2.05, 4.69) is 5.32 Å². The van der Waals surface area contributed by atoms with Crippen LogP contribution in [0.15, 0.2) is 30.3 Å². The molecule has 3 rings (SSSR count). The Hall–Kier alpha value is -1.62. The molecular formula is C19H21Cl3N2O7. The fourth-order valence-corrected chi connectivity index (χ4v) is 3.49. The maximum Gasteiger partial charge on any atom is 0.303 e. The van der Waals surface area contributed by atoms with E-state index in [1.807, 2.05) is 30.3 Å². The van der Waals surface area contributed by atoms with E-state index in [-0.39, 0.29) is 6.61 Å². The van der Waals surface area contributed by atoms with Crippen molar-refractivity contribution in [2.75, 3.05) is 6.61 Å². The van der Waals surface area contributed by atoms with E-state index in [9.17, 15) is 9.59 Å². The quantitative estimate of drug-likeness (QED) is 0.285. The number of ether oxygens (including phenoxy) is 5. The molecule has 0 aliphatic carbocycles. The first-order valence-electron chi connectivity index (χ1n) is 9.30. The summed E-state index contributed by atoms with van der Waals surface area (Å²) in [5.41, 5.74) is 0.759. The maximum absolute atomic E-state index is 11.9. The summed E-state index contributed by atoms with van der Waals surface area (Å²) in [5.74, 6) is -1.79. The van der Waals surface area contributed by atoms with Crippen LogP contribution in [0.25, 0.3) is 0 Å². The van der Waals surface area contributed by atoms with Gasteiger partial charge in [0.05, 0.1) is 6.61 Å². The number of nitrogens with one attached hydrogen (secondary N) is 2. The molecule has 2 fully saturated rings. The Labute approximate surface area is 193 Å². The second-order valence-electron chi connectivity index (χ2n) is 6.96. The molecule has 12 heteroatoms. The van der Waals surface area contributed by atoms with Crippen molar-refractivity contribution in [1.82, 2.24) is 5.32 Å². The first kappa shape index (κ1) is 24.0. The molecule has 0 saturated carbocycles. The lowest BCUT2D eigenvalue weighted by molar-refractivity contribution is -0.336. The van der Waals surface area contributed by atoms with Gasteiger partial charge in [-0.1, -0.05) is 65.1 Å². The van der Waals surface area contributed by atoms with Gasteiger partial charge in [0.15, 0.2) is 12.4 Å². The minimum Gasteiger partial charge on any atom is -0.457 e. The number of halogens is 3. The molecule has 0 radical (unpaired) electrons. The average molecular weight is 496 g/mol. The zero-order valence-corrected chi connectivity index (χ0v) is 18.8. The van der Waals surface area contributed by atoms with Crippen molar-refractivity contribution in [3.05, 3.63) is 35.9 Å². The van der Waals surface area contributed by atoms with E-state index in [1.54, 1.807) is 0 Å². The normalized spacial score (nSPS) is 30.6. The van der Waals surface area contributed by atoms with Crippen molar-refractivity contribution in [1.29, 1.82) is 5.41 Å². The zero-order chi connectivity index (χ0) is 22.8. The highest BCUT2D eigenvalue weighted by Crippen LogP contribution is 2.37. The van der Waals surface area contributed by atoms with Crippen LogP contribution in [0.2, 0.25) is 0 Å². The van der Waals surface area contributed by atoms with Crippen LogP contribution in [-0.4, -0.2) is 58.8 Å². The second-order valence-corrected chi connectivity index (χ2v) is 9.25. The standard InChI is InChI=1S/C19H21Cl3N2O7/c1-9(25)24-13-15(28-10(2)26)14-12(29-17(13)31-18(23)19(20,21)22)8-27-16(30-14)11-6-4-3-5-7-11/h3-7,12-17,23H,8H2,1-2H3,(H,24,25)/t12-,13-,14+,15-,16-,17-/m1/s1. The molecule has 0 spiro atoms. The molecule has 0 aromatic heterocycles. The van der Waals surface area contributed by atoms with Gasteiger partial charge in [0.25, 0.3) is 3.79 Å². The van der Waals surface area contributed by atoms with Crippen LogP contribution in [-0.2, 0) is 33.3 Å². The van der Waals surface area contributed by atoms with Gasteiger partial charge in [-0.15, -0.1) is 0 Å². The SMILES string of the molecule is CC(=O)N[C@H]1[C@@H](OC(=N)C(Cl)(Cl)Cl)O[C@@H]2CO[C@@H](c3ccccc3)O[C@@H]2[C@@H]1OC(C)=O. The molecule has 0 unspecified atom stereocenters. The first-order valence-corrected chi connectivity index (χ1v) is 10.4. The van der Waals surface area contributed by atoms with Gasteiger partial charge in [-0.2, -0.15) is 0 Å². The van der Waals surface area contributed by atoms with Crippen molar-refractivity contribution < 1.29 is 33.3 Å². The number of benzene rings is 1. The molecule has 1 amide bonds. The molecule has 31 heavy (non-hydrogen) atoms. The van der Waals surface area contributed by atoms with E-state index < -0.39 is 58.5 Å². The summed E-state index contributed by atoms with van der Waals surface area (Å²) in [7, 11) is 0. The topological polar surface area (TPSA) is 116 Å². The molecular weight excluding hydrogens is 475 g/mol. The lowest BCUT2D eigenvalue weighted by Crippen LogP contribution is -2.68. The summed E-state index contributed by atoms with van der Waals surface area (Å²) >= 11 is 17.1. The number of carbonyl (C=O) groups excluding carboxylic acids is 2. The Kier molecular flexibility index (Phi) is 7.67. The molecule has 2 aliphatic rings. The van der Waals surface area contributed by atoms with Gasteiger partial charge in [-0.3, -0.25) is 15.0 Å². The molecule has 2 N–H and O–H groups in total. The molecule has 1 aromatic carbocycles. The van der Waals surface area contributed by atoms with Crippen molar-refractivity contribution in [3.8, 4) is 0 Å². The van der Waals surface area contributed by atoms with Crippen molar-refractivity contribution in [2.45, 2.75) is 54.6 Å². The number of hydrogen-bond acceptors (Lipinski definition) is 8. The summed E-state index contributed by atoms with van der Waals surface area (Å²) in [5, 5.41) is 10.5. The predicted molar refractivity (Wildman–Crippen MR) is 111 cm³/mol. The van der Waals surface area contributed by atoms with Crippen LogP contribution >= 0.6 is 34.8 Å². The van der Waals surface area contributed by atoms with Crippen LogP contribution in [0.3, 0.4) is 0 Å². The monoisotopic (exact) mass is 494 g/mol. The third kappa shape index (κ3) is 6.00. The minimum atomic E-state index is -2.16. The lowest BCUT2D eigenvalue weighted by atomic mass is 9.95. The summed E-state index contributed by atoms with van der Waals surface area (Å²) in [4.78, 5) is 23.7. The molecule has 6 atom stereocenters. The summed E-state index contributed by atoms with van der Waals surface area (Å²) in [6.45, 7) is 2.56. The van der Waals surface area contributed by atoms with Crippen LogP contribution in [0, 0.1) is 5.41 Å². The van der Waals surface area contributed by atoms with Crippen LogP contribution in [0.4, 0.5) is 0 Å². The fraction of sp³-hybridized carbons (Fsp3) is 0.526. The van der Waals surface area contributed by atoms with E-state index in [0.717, 1.165) is 5.56 Å². The number of esters is 1. The van der Waals surface area contributed by atoms with Gasteiger partial charge < -0.3 is 29.0 Å². The highest BCUT2D eigenvalue weighted by molar-refractivity contribution is 6.76. The van der Waals surface area contributed by atoms with E-state index >= 15 is 0 Å². The van der Waals surface area contributed by atoms with Gasteiger partial charge >= 0.3 is 5.97 Å². The molecule has 170 valence electrons. The molecule has 1 aromatic rings. The molecule has 2 heterocycles. The Balaban J connectivity index is 1.89. The lowest BCUT2D eigenvalue weighted by Gasteiger charge is -2.48. The second kappa shape index (κ2) is 9.89. The third-order valence-electron chi connectivity index (χ3n) is 4.57. The zero-order valence-electron chi connectivity index (χ0n) is 16.5. The first-order chi connectivity index (χ1) is 14.6. The van der Waals surface area contributed by atoms with Gasteiger partial charge in [-0.25, -0.2) is 0 Å². The number of fused-ring (bicyclic) bond motifs is 1. The number of alkyl halides is 3. The molecule has 2 aliphatic heterocycles. The van der Waals surface area contributed by atoms with Crippen LogP contribution < -0.4 is 5.32 Å². The Bertz CT molecular complexity index is 820. The highest BCUT2D eigenvalue weighted by Gasteiger charge is 2.54. The summed E-state index contributed by atoms with van der Waals surface area (Å²) in [6.07, 6.45) is -4.62. The molecule has 0 bridgehead atoms. The smallest absolute Gasteiger partial charge is 0.303 e. The van der Waals surface area contributed by atoms with Gasteiger partial charge in [-0.05, 0) is 0 Å². The average Bonchev–Trinajstić information content (AvgIpc) is 2.69. The van der Waals surface area contributed by atoms with E-state index in [4.69, 9.17) is 63.9 Å². The largest absolute Gasteiger partial charge is 0.457 e. The Morgan fingerprint density at radius 3 is 2.39 bits per heavy atom. The predicted octanol–water partition coefficient (Wildman–Crippen LogP) is 2.63. The van der Waals surface area contributed by atoms with Crippen molar-refractivity contribution >= 4 is 52.6 Å².